The fourth-order valence-corrected chi connectivity index (χ4v) is 5.08. The average Bonchev–Trinajstić information content (AvgIpc) is 3.06. The molecule has 0 radical (unpaired) electrons. The van der Waals surface area contributed by atoms with Crippen LogP contribution in [0.2, 0.25) is 5.02 Å². The van der Waals surface area contributed by atoms with E-state index in [-0.39, 0.29) is 16.4 Å². The van der Waals surface area contributed by atoms with Crippen LogP contribution in [0, 0.1) is 12.7 Å². The molecule has 1 fully saturated rings. The first-order valence-corrected chi connectivity index (χ1v) is 9.96. The number of aryl methyl sites for hydroxylation is 1. The second kappa shape index (κ2) is 6.57. The van der Waals surface area contributed by atoms with E-state index in [0.29, 0.717) is 0 Å². The van der Waals surface area contributed by atoms with Crippen LogP contribution in [0.3, 0.4) is 0 Å². The molecule has 1 aromatic heterocycles. The maximum Gasteiger partial charge on any atom is 0.144 e. The summed E-state index contributed by atoms with van der Waals surface area (Å²) >= 11 is 6.54. The highest BCUT2D eigenvalue weighted by molar-refractivity contribution is 6.34. The molecule has 2 aliphatic heterocycles. The maximum atomic E-state index is 14.9. The van der Waals surface area contributed by atoms with Gasteiger partial charge in [0.2, 0.25) is 0 Å². The van der Waals surface area contributed by atoms with E-state index in [9.17, 15) is 4.39 Å². The Hall–Kier alpha value is -2.43. The van der Waals surface area contributed by atoms with E-state index in [1.54, 1.807) is 12.3 Å². The van der Waals surface area contributed by atoms with E-state index < -0.39 is 0 Å². The van der Waals surface area contributed by atoms with Crippen molar-refractivity contribution in [3.8, 4) is 11.1 Å². The van der Waals surface area contributed by atoms with E-state index in [1.165, 1.54) is 5.56 Å². The van der Waals surface area contributed by atoms with Gasteiger partial charge in [-0.25, -0.2) is 4.39 Å². The summed E-state index contributed by atoms with van der Waals surface area (Å²) in [6.45, 7) is 4.46. The van der Waals surface area contributed by atoms with Crippen molar-refractivity contribution < 1.29 is 4.39 Å². The Morgan fingerprint density at radius 2 is 2.00 bits per heavy atom. The van der Waals surface area contributed by atoms with Crippen LogP contribution < -0.4 is 10.2 Å². The third-order valence-electron chi connectivity index (χ3n) is 6.10. The van der Waals surface area contributed by atoms with Crippen molar-refractivity contribution in [3.63, 3.8) is 0 Å². The molecule has 1 N–H and O–H groups in total. The molecule has 142 valence electrons. The predicted octanol–water partition coefficient (Wildman–Crippen LogP) is 4.71. The molecule has 1 atom stereocenters. The first kappa shape index (κ1) is 17.7. The van der Waals surface area contributed by atoms with Gasteiger partial charge in [0, 0.05) is 54.8 Å². The topological polar surface area (TPSA) is 28.2 Å². The molecule has 2 aromatic carbocycles. The first-order chi connectivity index (χ1) is 13.6. The standard InChI is InChI=1S/C23H21ClFN3/c1-15-17(8-5-9-27-15)21-18-13-23(16-6-3-2-4-7-16)14-26-10-11-28(23)20(18)12-19(25)22(21)24/h2-9,12,26H,10-11,13-14H2,1H3/t23-/m1/s1. The van der Waals surface area contributed by atoms with Gasteiger partial charge in [-0.3, -0.25) is 4.98 Å². The quantitative estimate of drug-likeness (QED) is 0.683. The highest BCUT2D eigenvalue weighted by Gasteiger charge is 2.48. The molecule has 0 spiro atoms. The number of rotatable bonds is 2. The minimum Gasteiger partial charge on any atom is -0.359 e. The number of pyridine rings is 1. The van der Waals surface area contributed by atoms with Gasteiger partial charge >= 0.3 is 0 Å². The number of hydrogen-bond acceptors (Lipinski definition) is 3. The van der Waals surface area contributed by atoms with Crippen molar-refractivity contribution in [2.24, 2.45) is 0 Å². The molecule has 3 nitrogen and oxygen atoms in total. The van der Waals surface area contributed by atoms with E-state index >= 15 is 0 Å². The number of nitrogens with zero attached hydrogens (tertiary/aromatic N) is 2. The second-order valence-corrected chi connectivity index (χ2v) is 7.96. The van der Waals surface area contributed by atoms with Crippen LogP contribution in [-0.4, -0.2) is 24.6 Å². The molecule has 2 aliphatic rings. The second-order valence-electron chi connectivity index (χ2n) is 7.58. The number of nitrogens with one attached hydrogen (secondary N) is 1. The molecule has 5 rings (SSSR count). The zero-order valence-electron chi connectivity index (χ0n) is 15.7. The summed E-state index contributed by atoms with van der Waals surface area (Å²) in [5.41, 5.74) is 5.61. The summed E-state index contributed by atoms with van der Waals surface area (Å²) in [4.78, 5) is 6.77. The fraction of sp³-hybridized carbons (Fsp3) is 0.261. The molecule has 3 heterocycles. The predicted molar refractivity (Wildman–Crippen MR) is 111 cm³/mol. The Labute approximate surface area is 169 Å². The number of hydrogen-bond donors (Lipinski definition) is 1. The van der Waals surface area contributed by atoms with Crippen molar-refractivity contribution >= 4 is 17.3 Å². The number of anilines is 1. The van der Waals surface area contributed by atoms with Gasteiger partial charge in [0.25, 0.3) is 0 Å². The fourth-order valence-electron chi connectivity index (χ4n) is 4.80. The van der Waals surface area contributed by atoms with E-state index in [0.717, 1.165) is 54.1 Å². The summed E-state index contributed by atoms with van der Waals surface area (Å²) < 4.78 is 14.9. The molecule has 0 saturated carbocycles. The Bertz CT molecular complexity index is 1050. The Balaban J connectivity index is 1.77. The summed E-state index contributed by atoms with van der Waals surface area (Å²) in [6.07, 6.45) is 2.54. The maximum absolute atomic E-state index is 14.9. The van der Waals surface area contributed by atoms with Crippen LogP contribution in [-0.2, 0) is 12.0 Å². The third-order valence-corrected chi connectivity index (χ3v) is 6.47. The molecule has 0 unspecified atom stereocenters. The lowest BCUT2D eigenvalue weighted by atomic mass is 9.83. The van der Waals surface area contributed by atoms with Gasteiger partial charge in [-0.2, -0.15) is 0 Å². The number of piperazine rings is 1. The van der Waals surface area contributed by atoms with Crippen LogP contribution in [0.25, 0.3) is 11.1 Å². The van der Waals surface area contributed by atoms with E-state index in [1.807, 2.05) is 25.1 Å². The highest BCUT2D eigenvalue weighted by atomic mass is 35.5. The molecule has 0 aliphatic carbocycles. The SMILES string of the molecule is Cc1ncccc1-c1c(Cl)c(F)cc2c1C[C@]1(c3ccccc3)CNCCN21. The minimum atomic E-state index is -0.374. The molecule has 0 amide bonds. The molecular formula is C23H21ClFN3. The monoisotopic (exact) mass is 393 g/mol. The van der Waals surface area contributed by atoms with Gasteiger partial charge in [0.15, 0.2) is 0 Å². The molecule has 28 heavy (non-hydrogen) atoms. The summed E-state index contributed by atoms with van der Waals surface area (Å²) in [7, 11) is 0. The van der Waals surface area contributed by atoms with Gasteiger partial charge in [0.1, 0.15) is 5.82 Å². The Kier molecular flexibility index (Phi) is 4.14. The first-order valence-electron chi connectivity index (χ1n) is 9.58. The zero-order chi connectivity index (χ0) is 19.3. The molecule has 5 heteroatoms. The summed E-state index contributed by atoms with van der Waals surface area (Å²) in [6, 6.07) is 16.0. The number of halogens is 2. The normalized spacial score (nSPS) is 20.8. The molecule has 3 aromatic rings. The lowest BCUT2D eigenvalue weighted by Crippen LogP contribution is -2.57. The van der Waals surface area contributed by atoms with Crippen molar-refractivity contribution in [2.45, 2.75) is 18.9 Å². The van der Waals surface area contributed by atoms with Crippen molar-refractivity contribution in [3.05, 3.63) is 82.4 Å². The largest absolute Gasteiger partial charge is 0.359 e. The van der Waals surface area contributed by atoms with Gasteiger partial charge in [-0.05, 0) is 30.2 Å². The van der Waals surface area contributed by atoms with Crippen LogP contribution in [0.1, 0.15) is 16.8 Å². The van der Waals surface area contributed by atoms with Crippen LogP contribution in [0.15, 0.2) is 54.7 Å². The Morgan fingerprint density at radius 1 is 1.18 bits per heavy atom. The molecule has 0 bridgehead atoms. The summed E-state index contributed by atoms with van der Waals surface area (Å²) in [5.74, 6) is -0.374. The van der Waals surface area contributed by atoms with Crippen molar-refractivity contribution in [2.75, 3.05) is 24.5 Å². The average molecular weight is 394 g/mol. The molecular weight excluding hydrogens is 373 g/mol. The van der Waals surface area contributed by atoms with E-state index in [2.05, 4.69) is 39.5 Å². The van der Waals surface area contributed by atoms with Gasteiger partial charge in [0.05, 0.1) is 10.6 Å². The smallest absolute Gasteiger partial charge is 0.144 e. The number of fused-ring (bicyclic) bond motifs is 3. The van der Waals surface area contributed by atoms with Crippen LogP contribution >= 0.6 is 11.6 Å². The van der Waals surface area contributed by atoms with Gasteiger partial charge in [-0.15, -0.1) is 0 Å². The lowest BCUT2D eigenvalue weighted by molar-refractivity contribution is 0.350. The lowest BCUT2D eigenvalue weighted by Gasteiger charge is -2.45. The third kappa shape index (κ3) is 2.48. The molecule has 1 saturated heterocycles. The van der Waals surface area contributed by atoms with Crippen LogP contribution in [0.4, 0.5) is 10.1 Å². The van der Waals surface area contributed by atoms with Gasteiger partial charge < -0.3 is 10.2 Å². The van der Waals surface area contributed by atoms with Crippen LogP contribution in [0.5, 0.6) is 0 Å². The Morgan fingerprint density at radius 3 is 2.79 bits per heavy atom. The van der Waals surface area contributed by atoms with Crippen molar-refractivity contribution in [1.82, 2.24) is 10.3 Å². The van der Waals surface area contributed by atoms with Crippen molar-refractivity contribution in [1.29, 1.82) is 0 Å². The zero-order valence-corrected chi connectivity index (χ0v) is 16.4. The number of benzene rings is 2. The number of aromatic nitrogens is 1. The summed E-state index contributed by atoms with van der Waals surface area (Å²) in [5, 5.41) is 3.74. The van der Waals surface area contributed by atoms with E-state index in [4.69, 9.17) is 11.6 Å². The van der Waals surface area contributed by atoms with Gasteiger partial charge in [-0.1, -0.05) is 48.0 Å². The minimum absolute atomic E-state index is 0.186. The highest BCUT2D eigenvalue weighted by Crippen LogP contribution is 2.51.